The maximum absolute atomic E-state index is 12.3. The van der Waals surface area contributed by atoms with Crippen LogP contribution in [0.15, 0.2) is 46.0 Å². The maximum Gasteiger partial charge on any atom is 0.335 e. The van der Waals surface area contributed by atoms with Crippen molar-refractivity contribution in [1.29, 1.82) is 0 Å². The Morgan fingerprint density at radius 3 is 2.75 bits per heavy atom. The fourth-order valence-electron chi connectivity index (χ4n) is 1.74. The van der Waals surface area contributed by atoms with Gasteiger partial charge in [0.1, 0.15) is 0 Å². The molecule has 1 N–H and O–H groups in total. The molecule has 2 rings (SSSR count). The minimum Gasteiger partial charge on any atom is -0.478 e. The predicted octanol–water partition coefficient (Wildman–Crippen LogP) is 3.16. The molecular weight excluding hydrogens is 342 g/mol. The Labute approximate surface area is 127 Å². The van der Waals surface area contributed by atoms with Gasteiger partial charge in [-0.15, -0.1) is 0 Å². The second-order valence-corrected chi connectivity index (χ2v) is 6.65. The van der Waals surface area contributed by atoms with Crippen molar-refractivity contribution in [1.82, 2.24) is 4.98 Å². The highest BCUT2D eigenvalue weighted by molar-refractivity contribution is 9.10. The summed E-state index contributed by atoms with van der Waals surface area (Å²) in [6.07, 6.45) is 3.30. The number of halogens is 1. The van der Waals surface area contributed by atoms with Crippen LogP contribution >= 0.6 is 15.9 Å². The number of carboxylic acid groups (broad SMARTS) is 1. The Kier molecular flexibility index (Phi) is 4.67. The van der Waals surface area contributed by atoms with Crippen LogP contribution in [0.3, 0.4) is 0 Å². The summed E-state index contributed by atoms with van der Waals surface area (Å²) >= 11 is 3.31. The summed E-state index contributed by atoms with van der Waals surface area (Å²) in [4.78, 5) is 15.6. The van der Waals surface area contributed by atoms with Gasteiger partial charge in [0.25, 0.3) is 0 Å². The molecule has 20 heavy (non-hydrogen) atoms. The fraction of sp³-hybridized carbons (Fsp3) is 0.143. The molecule has 1 atom stereocenters. The van der Waals surface area contributed by atoms with Gasteiger partial charge in [0.05, 0.1) is 22.1 Å². The van der Waals surface area contributed by atoms with Crippen LogP contribution in [0.4, 0.5) is 0 Å². The monoisotopic (exact) mass is 353 g/mol. The number of hydrogen-bond donors (Lipinski definition) is 1. The van der Waals surface area contributed by atoms with Gasteiger partial charge >= 0.3 is 5.97 Å². The number of benzene rings is 1. The first-order valence-electron chi connectivity index (χ1n) is 5.79. The smallest absolute Gasteiger partial charge is 0.335 e. The third-order valence-electron chi connectivity index (χ3n) is 2.76. The maximum atomic E-state index is 12.3. The van der Waals surface area contributed by atoms with Gasteiger partial charge in [-0.3, -0.25) is 9.19 Å². The van der Waals surface area contributed by atoms with Gasteiger partial charge in [0.15, 0.2) is 0 Å². The van der Waals surface area contributed by atoms with Gasteiger partial charge in [0, 0.05) is 21.8 Å². The second-order valence-electron chi connectivity index (χ2n) is 4.28. The highest BCUT2D eigenvalue weighted by atomic mass is 79.9. The molecule has 0 saturated carbocycles. The van der Waals surface area contributed by atoms with Gasteiger partial charge < -0.3 is 5.11 Å². The van der Waals surface area contributed by atoms with Crippen LogP contribution in [0, 0.1) is 6.92 Å². The number of nitrogens with zero attached hydrogens (tertiary/aromatic N) is 1. The zero-order valence-corrected chi connectivity index (χ0v) is 13.1. The van der Waals surface area contributed by atoms with E-state index in [0.29, 0.717) is 16.2 Å². The molecule has 2 aromatic rings. The Morgan fingerprint density at radius 2 is 2.10 bits per heavy atom. The minimum absolute atomic E-state index is 0.184. The summed E-state index contributed by atoms with van der Waals surface area (Å²) in [5.41, 5.74) is 1.67. The van der Waals surface area contributed by atoms with Gasteiger partial charge in [0.2, 0.25) is 0 Å². The van der Waals surface area contributed by atoms with E-state index >= 15 is 0 Å². The molecule has 0 spiro atoms. The quantitative estimate of drug-likeness (QED) is 0.916. The molecule has 1 unspecified atom stereocenters. The van der Waals surface area contributed by atoms with Crippen LogP contribution in [0.5, 0.6) is 0 Å². The molecule has 0 bridgehead atoms. The molecule has 0 aliphatic rings. The lowest BCUT2D eigenvalue weighted by Crippen LogP contribution is -2.03. The number of pyridine rings is 1. The first-order valence-corrected chi connectivity index (χ1v) is 7.90. The average Bonchev–Trinajstić information content (AvgIpc) is 2.38. The minimum atomic E-state index is -1.30. The number of carbonyl (C=O) groups is 1. The molecule has 0 aliphatic heterocycles. The van der Waals surface area contributed by atoms with Crippen LogP contribution in [0.2, 0.25) is 0 Å². The molecule has 0 saturated heterocycles. The van der Waals surface area contributed by atoms with E-state index in [1.807, 2.05) is 6.07 Å². The molecule has 0 radical (unpaired) electrons. The van der Waals surface area contributed by atoms with E-state index in [0.717, 1.165) is 10.0 Å². The molecule has 104 valence electrons. The number of hydrogen-bond acceptors (Lipinski definition) is 3. The largest absolute Gasteiger partial charge is 0.478 e. The van der Waals surface area contributed by atoms with Crippen LogP contribution in [-0.2, 0) is 16.6 Å². The van der Waals surface area contributed by atoms with Gasteiger partial charge in [-0.2, -0.15) is 0 Å². The van der Waals surface area contributed by atoms with Crippen molar-refractivity contribution in [3.8, 4) is 0 Å². The zero-order chi connectivity index (χ0) is 14.7. The fourth-order valence-corrected chi connectivity index (χ4v) is 3.25. The molecule has 0 amide bonds. The van der Waals surface area contributed by atoms with E-state index in [1.165, 1.54) is 6.07 Å². The summed E-state index contributed by atoms with van der Waals surface area (Å²) in [7, 11) is -1.30. The van der Waals surface area contributed by atoms with Gasteiger partial charge in [-0.25, -0.2) is 4.79 Å². The topological polar surface area (TPSA) is 67.3 Å². The summed E-state index contributed by atoms with van der Waals surface area (Å²) in [5, 5.41) is 9.08. The predicted molar refractivity (Wildman–Crippen MR) is 80.2 cm³/mol. The van der Waals surface area contributed by atoms with Gasteiger partial charge in [-0.05, 0) is 52.2 Å². The third kappa shape index (κ3) is 3.52. The summed E-state index contributed by atoms with van der Waals surface area (Å²) in [5.74, 6) is -0.709. The molecule has 0 fully saturated rings. The molecular formula is C14H12BrNO3S. The molecule has 1 aromatic heterocycles. The van der Waals surface area contributed by atoms with E-state index in [2.05, 4.69) is 20.9 Å². The highest BCUT2D eigenvalue weighted by Crippen LogP contribution is 2.18. The second kappa shape index (κ2) is 6.28. The Balaban J connectivity index is 2.26. The first kappa shape index (κ1) is 14.9. The summed E-state index contributed by atoms with van der Waals surface area (Å²) in [6.45, 7) is 1.72. The zero-order valence-electron chi connectivity index (χ0n) is 10.7. The van der Waals surface area contributed by atoms with Gasteiger partial charge in [-0.1, -0.05) is 6.07 Å². The van der Waals surface area contributed by atoms with E-state index in [9.17, 15) is 9.00 Å². The lowest BCUT2D eigenvalue weighted by Gasteiger charge is -2.06. The number of rotatable bonds is 4. The first-order chi connectivity index (χ1) is 9.47. The van der Waals surface area contributed by atoms with E-state index in [4.69, 9.17) is 5.11 Å². The van der Waals surface area contributed by atoms with E-state index in [1.54, 1.807) is 31.5 Å². The number of aromatic nitrogens is 1. The summed E-state index contributed by atoms with van der Waals surface area (Å²) < 4.78 is 13.1. The standard InChI is InChI=1S/C14H12BrNO3S/c1-9-2-3-12(5-13(9)14(17)18)20(19)8-10-4-11(15)7-16-6-10/h2-7H,8H2,1H3,(H,17,18). The Hall–Kier alpha value is -1.53. The normalized spacial score (nSPS) is 12.1. The lowest BCUT2D eigenvalue weighted by molar-refractivity contribution is 0.0696. The summed E-state index contributed by atoms with van der Waals surface area (Å²) in [6, 6.07) is 6.69. The third-order valence-corrected chi connectivity index (χ3v) is 4.57. The van der Waals surface area contributed by atoms with Crippen molar-refractivity contribution < 1.29 is 14.1 Å². The van der Waals surface area contributed by atoms with Crippen LogP contribution in [0.1, 0.15) is 21.5 Å². The molecule has 1 heterocycles. The van der Waals surface area contributed by atoms with Crippen molar-refractivity contribution in [2.75, 3.05) is 0 Å². The Bertz CT molecular complexity index is 688. The van der Waals surface area contributed by atoms with Crippen molar-refractivity contribution >= 4 is 32.7 Å². The molecule has 6 heteroatoms. The van der Waals surface area contributed by atoms with Crippen LogP contribution < -0.4 is 0 Å². The lowest BCUT2D eigenvalue weighted by atomic mass is 10.1. The number of carboxylic acids is 1. The highest BCUT2D eigenvalue weighted by Gasteiger charge is 2.12. The van der Waals surface area contributed by atoms with Crippen LogP contribution in [0.25, 0.3) is 0 Å². The SMILES string of the molecule is Cc1ccc(S(=O)Cc2cncc(Br)c2)cc1C(=O)O. The van der Waals surface area contributed by atoms with Crippen molar-refractivity contribution in [3.63, 3.8) is 0 Å². The molecule has 1 aromatic carbocycles. The number of aryl methyl sites for hydroxylation is 1. The molecule has 4 nitrogen and oxygen atoms in total. The van der Waals surface area contributed by atoms with Crippen molar-refractivity contribution in [2.24, 2.45) is 0 Å². The van der Waals surface area contributed by atoms with E-state index < -0.39 is 16.8 Å². The number of aromatic carboxylic acids is 1. The van der Waals surface area contributed by atoms with Crippen molar-refractivity contribution in [3.05, 3.63) is 57.8 Å². The Morgan fingerprint density at radius 1 is 1.35 bits per heavy atom. The molecule has 0 aliphatic carbocycles. The van der Waals surface area contributed by atoms with Crippen molar-refractivity contribution in [2.45, 2.75) is 17.6 Å². The van der Waals surface area contributed by atoms with Crippen LogP contribution in [-0.4, -0.2) is 20.3 Å². The van der Waals surface area contributed by atoms with E-state index in [-0.39, 0.29) is 5.56 Å². The average molecular weight is 354 g/mol.